The predicted molar refractivity (Wildman–Crippen MR) is 33.3 cm³/mol. The number of alkyl halides is 1. The fraction of sp³-hybridized carbons (Fsp3) is 0.800. The smallest absolute Gasteiger partial charge is 0.351 e. The van der Waals surface area contributed by atoms with Crippen LogP contribution in [0.2, 0.25) is 0 Å². The molecule has 0 aliphatic carbocycles. The highest BCUT2D eigenvalue weighted by molar-refractivity contribution is 6.32. The zero-order valence-corrected chi connectivity index (χ0v) is 5.85. The summed E-state index contributed by atoms with van der Waals surface area (Å²) in [6, 6.07) is 0. The van der Waals surface area contributed by atoms with Gasteiger partial charge in [0.2, 0.25) is 5.06 Å². The summed E-state index contributed by atoms with van der Waals surface area (Å²) in [6.45, 7) is 1.75. The maximum atomic E-state index is 10.0. The zero-order chi connectivity index (χ0) is 7.49. The number of carboxylic acid groups (broad SMARTS) is 1. The van der Waals surface area contributed by atoms with Crippen LogP contribution in [0.4, 0.5) is 0 Å². The van der Waals surface area contributed by atoms with Gasteiger partial charge in [0, 0.05) is 6.42 Å². The minimum atomic E-state index is -2.06. The number of rotatable bonds is 3. The fourth-order valence-corrected chi connectivity index (χ4v) is 0.627. The second-order valence-electron chi connectivity index (χ2n) is 1.81. The number of hydrogen-bond donors (Lipinski definition) is 2. The van der Waals surface area contributed by atoms with Crippen molar-refractivity contribution in [3.63, 3.8) is 0 Å². The summed E-state index contributed by atoms with van der Waals surface area (Å²) in [4.78, 5) is 10.0. The summed E-state index contributed by atoms with van der Waals surface area (Å²) < 4.78 is 0. The van der Waals surface area contributed by atoms with Crippen LogP contribution in [0.1, 0.15) is 19.8 Å². The fourth-order valence-electron chi connectivity index (χ4n) is 0.438. The van der Waals surface area contributed by atoms with Crippen molar-refractivity contribution in [2.24, 2.45) is 0 Å². The van der Waals surface area contributed by atoms with Crippen molar-refractivity contribution in [1.82, 2.24) is 0 Å². The lowest BCUT2D eigenvalue weighted by Gasteiger charge is -2.12. The Bertz CT molecular complexity index is 111. The Morgan fingerprint density at radius 1 is 1.78 bits per heavy atom. The first-order valence-electron chi connectivity index (χ1n) is 2.65. The van der Waals surface area contributed by atoms with Crippen LogP contribution in [-0.2, 0) is 4.79 Å². The first-order valence-corrected chi connectivity index (χ1v) is 3.03. The number of aliphatic carboxylic acids is 1. The molecule has 1 unspecified atom stereocenters. The number of carbonyl (C=O) groups is 1. The molecule has 0 aliphatic rings. The molecule has 0 heterocycles. The van der Waals surface area contributed by atoms with Crippen LogP contribution in [-0.4, -0.2) is 21.2 Å². The molecule has 0 aromatic rings. The highest BCUT2D eigenvalue weighted by Crippen LogP contribution is 2.17. The van der Waals surface area contributed by atoms with Gasteiger partial charge in [-0.3, -0.25) is 0 Å². The maximum Gasteiger partial charge on any atom is 0.351 e. The Labute approximate surface area is 58.3 Å². The molecule has 0 radical (unpaired) electrons. The first-order chi connectivity index (χ1) is 4.00. The van der Waals surface area contributed by atoms with Gasteiger partial charge in [-0.2, -0.15) is 0 Å². The normalized spacial score (nSPS) is 16.8. The highest BCUT2D eigenvalue weighted by atomic mass is 35.5. The van der Waals surface area contributed by atoms with Gasteiger partial charge in [0.05, 0.1) is 0 Å². The average molecular weight is 153 g/mol. The van der Waals surface area contributed by atoms with Crippen molar-refractivity contribution in [2.45, 2.75) is 24.8 Å². The van der Waals surface area contributed by atoms with E-state index in [1.165, 1.54) is 0 Å². The molecule has 0 amide bonds. The molecule has 0 aromatic carbocycles. The van der Waals surface area contributed by atoms with Crippen LogP contribution in [0.25, 0.3) is 0 Å². The number of halogens is 1. The van der Waals surface area contributed by atoms with Crippen LogP contribution in [0, 0.1) is 0 Å². The molecule has 0 bridgehead atoms. The Morgan fingerprint density at radius 2 is 2.22 bits per heavy atom. The van der Waals surface area contributed by atoms with E-state index in [2.05, 4.69) is 0 Å². The van der Waals surface area contributed by atoms with Crippen molar-refractivity contribution < 1.29 is 15.0 Å². The molecule has 1 atom stereocenters. The van der Waals surface area contributed by atoms with E-state index in [1.54, 1.807) is 6.92 Å². The summed E-state index contributed by atoms with van der Waals surface area (Å²) in [5, 5.41) is 14.9. The molecular formula is C5H9ClO3. The van der Waals surface area contributed by atoms with Gasteiger partial charge in [-0.05, 0) is 0 Å². The Morgan fingerprint density at radius 3 is 2.33 bits per heavy atom. The Kier molecular flexibility index (Phi) is 2.94. The molecule has 0 aromatic heterocycles. The van der Waals surface area contributed by atoms with Crippen molar-refractivity contribution in [1.29, 1.82) is 0 Å². The lowest BCUT2D eigenvalue weighted by atomic mass is 10.2. The second-order valence-corrected chi connectivity index (χ2v) is 2.44. The summed E-state index contributed by atoms with van der Waals surface area (Å²) in [5.41, 5.74) is 0. The molecule has 0 aliphatic heterocycles. The van der Waals surface area contributed by atoms with Gasteiger partial charge in [0.15, 0.2) is 0 Å². The molecule has 0 saturated heterocycles. The number of carboxylic acids is 1. The molecule has 2 N–H and O–H groups in total. The minimum Gasteiger partial charge on any atom is -0.478 e. The van der Waals surface area contributed by atoms with Crippen molar-refractivity contribution in [3.8, 4) is 0 Å². The second kappa shape index (κ2) is 3.03. The summed E-state index contributed by atoms with van der Waals surface area (Å²) in [6.07, 6.45) is 0.621. The summed E-state index contributed by atoms with van der Waals surface area (Å²) in [5.74, 6) is -1.38. The lowest BCUT2D eigenvalue weighted by Crippen LogP contribution is -2.31. The van der Waals surface area contributed by atoms with E-state index in [4.69, 9.17) is 21.8 Å². The van der Waals surface area contributed by atoms with E-state index in [-0.39, 0.29) is 6.42 Å². The van der Waals surface area contributed by atoms with E-state index < -0.39 is 11.0 Å². The molecule has 0 spiro atoms. The third-order valence-corrected chi connectivity index (χ3v) is 1.26. The molecule has 0 saturated carbocycles. The van der Waals surface area contributed by atoms with Crippen molar-refractivity contribution in [2.75, 3.05) is 0 Å². The van der Waals surface area contributed by atoms with Crippen molar-refractivity contribution in [3.05, 3.63) is 0 Å². The molecule has 4 heteroatoms. The third kappa shape index (κ3) is 2.67. The van der Waals surface area contributed by atoms with Crippen LogP contribution >= 0.6 is 11.6 Å². The summed E-state index contributed by atoms with van der Waals surface area (Å²) in [7, 11) is 0. The van der Waals surface area contributed by atoms with Crippen molar-refractivity contribution >= 4 is 17.6 Å². The molecule has 3 nitrogen and oxygen atoms in total. The Balaban J connectivity index is 3.85. The largest absolute Gasteiger partial charge is 0.478 e. The van der Waals surface area contributed by atoms with Gasteiger partial charge in [0.25, 0.3) is 0 Å². The van der Waals surface area contributed by atoms with Crippen LogP contribution < -0.4 is 0 Å². The van der Waals surface area contributed by atoms with Gasteiger partial charge < -0.3 is 10.2 Å². The standard InChI is InChI=1S/C5H9ClO3/c1-2-3-5(6,9)4(7)8/h9H,2-3H2,1H3,(H,7,8). The molecular weight excluding hydrogens is 144 g/mol. The van der Waals surface area contributed by atoms with E-state index in [1.807, 2.05) is 0 Å². The van der Waals surface area contributed by atoms with Gasteiger partial charge in [-0.15, -0.1) is 0 Å². The van der Waals surface area contributed by atoms with Crippen LogP contribution in [0.3, 0.4) is 0 Å². The Hall–Kier alpha value is -0.280. The average Bonchev–Trinajstić information content (AvgIpc) is 1.65. The van der Waals surface area contributed by atoms with Gasteiger partial charge in [-0.1, -0.05) is 24.9 Å². The third-order valence-electron chi connectivity index (χ3n) is 0.909. The predicted octanol–water partition coefficient (Wildman–Crippen LogP) is 0.798. The lowest BCUT2D eigenvalue weighted by molar-refractivity contribution is -0.150. The highest BCUT2D eigenvalue weighted by Gasteiger charge is 2.31. The molecule has 0 rings (SSSR count). The number of aliphatic hydroxyl groups is 1. The van der Waals surface area contributed by atoms with Gasteiger partial charge in [-0.25, -0.2) is 4.79 Å². The molecule has 0 fully saturated rings. The molecule has 9 heavy (non-hydrogen) atoms. The monoisotopic (exact) mass is 152 g/mol. The quantitative estimate of drug-likeness (QED) is 0.588. The van der Waals surface area contributed by atoms with Gasteiger partial charge in [0.1, 0.15) is 0 Å². The van der Waals surface area contributed by atoms with Gasteiger partial charge >= 0.3 is 5.97 Å². The molecule has 54 valence electrons. The minimum absolute atomic E-state index is 0.0733. The van der Waals surface area contributed by atoms with E-state index >= 15 is 0 Å². The zero-order valence-electron chi connectivity index (χ0n) is 5.09. The van der Waals surface area contributed by atoms with E-state index in [9.17, 15) is 4.79 Å². The van der Waals surface area contributed by atoms with E-state index in [0.717, 1.165) is 0 Å². The van der Waals surface area contributed by atoms with Crippen LogP contribution in [0.15, 0.2) is 0 Å². The summed E-state index contributed by atoms with van der Waals surface area (Å²) >= 11 is 5.13. The van der Waals surface area contributed by atoms with E-state index in [0.29, 0.717) is 6.42 Å². The first kappa shape index (κ1) is 8.72. The SMILES string of the molecule is CCCC(O)(Cl)C(=O)O. The maximum absolute atomic E-state index is 10.0. The topological polar surface area (TPSA) is 57.5 Å². The van der Waals surface area contributed by atoms with Crippen LogP contribution in [0.5, 0.6) is 0 Å². The number of hydrogen-bond acceptors (Lipinski definition) is 2.